The molecule has 2 atom stereocenters. The number of amides is 1. The van der Waals surface area contributed by atoms with E-state index in [0.29, 0.717) is 23.3 Å². The summed E-state index contributed by atoms with van der Waals surface area (Å²) >= 11 is 1.41. The van der Waals surface area contributed by atoms with E-state index in [1.54, 1.807) is 7.11 Å². The van der Waals surface area contributed by atoms with Crippen LogP contribution in [-0.4, -0.2) is 49.4 Å². The number of hydrogen-bond donors (Lipinski definition) is 0. The molecule has 3 aliphatic rings. The van der Waals surface area contributed by atoms with Crippen molar-refractivity contribution in [1.82, 2.24) is 0 Å². The molecule has 0 bridgehead atoms. The lowest BCUT2D eigenvalue weighted by atomic mass is 10.0. The minimum Gasteiger partial charge on any atom is -0.495 e. The number of rotatable bonds is 5. The zero-order chi connectivity index (χ0) is 19.7. The number of fused-ring (bicyclic) bond motifs is 1. The number of methoxy groups -OCH3 is 1. The molecule has 2 saturated heterocycles. The molecule has 152 valence electrons. The van der Waals surface area contributed by atoms with Crippen LogP contribution in [0, 0.1) is 5.92 Å². The topological polar surface area (TPSA) is 76.0 Å². The van der Waals surface area contributed by atoms with E-state index >= 15 is 0 Å². The molecule has 8 heteroatoms. The normalized spacial score (nSPS) is 28.0. The molecule has 1 aliphatic carbocycles. The van der Waals surface area contributed by atoms with Crippen LogP contribution in [0.3, 0.4) is 0 Å². The second-order valence-electron chi connectivity index (χ2n) is 7.82. The van der Waals surface area contributed by atoms with E-state index in [9.17, 15) is 13.2 Å². The Bertz CT molecular complexity index is 878. The summed E-state index contributed by atoms with van der Waals surface area (Å²) in [4.78, 5) is 18.9. The Kier molecular flexibility index (Phi) is 5.69. The highest BCUT2D eigenvalue weighted by Gasteiger charge is 2.50. The van der Waals surface area contributed by atoms with Crippen LogP contribution in [0.15, 0.2) is 29.3 Å². The first-order valence-corrected chi connectivity index (χ1v) is 12.6. The molecule has 0 unspecified atom stereocenters. The number of carbonyl (C=O) groups is 1. The van der Waals surface area contributed by atoms with Gasteiger partial charge in [-0.25, -0.2) is 8.42 Å². The molecule has 0 N–H and O–H groups in total. The van der Waals surface area contributed by atoms with Gasteiger partial charge in [0.15, 0.2) is 15.0 Å². The number of aliphatic imine (C=N–C) groups is 1. The molecule has 3 fully saturated rings. The van der Waals surface area contributed by atoms with Crippen LogP contribution in [-0.2, 0) is 14.6 Å². The largest absolute Gasteiger partial charge is 0.495 e. The van der Waals surface area contributed by atoms with E-state index < -0.39 is 9.84 Å². The van der Waals surface area contributed by atoms with Crippen molar-refractivity contribution >= 4 is 38.4 Å². The zero-order valence-electron chi connectivity index (χ0n) is 16.0. The fourth-order valence-electron chi connectivity index (χ4n) is 4.46. The van der Waals surface area contributed by atoms with Gasteiger partial charge in [-0.2, -0.15) is 4.99 Å². The molecule has 6 nitrogen and oxygen atoms in total. The van der Waals surface area contributed by atoms with Crippen LogP contribution >= 0.6 is 11.8 Å². The van der Waals surface area contributed by atoms with E-state index in [-0.39, 0.29) is 28.7 Å². The van der Waals surface area contributed by atoms with Gasteiger partial charge in [-0.1, -0.05) is 49.6 Å². The number of nitrogens with zero attached hydrogens (tertiary/aromatic N) is 2. The van der Waals surface area contributed by atoms with Crippen molar-refractivity contribution in [3.05, 3.63) is 24.3 Å². The second-order valence-corrected chi connectivity index (χ2v) is 11.2. The molecule has 1 amide bonds. The summed E-state index contributed by atoms with van der Waals surface area (Å²) < 4.78 is 29.8. The number of thioether (sulfide) groups is 1. The van der Waals surface area contributed by atoms with Gasteiger partial charge in [0.1, 0.15) is 5.75 Å². The smallest absolute Gasteiger partial charge is 0.248 e. The minimum absolute atomic E-state index is 0.0813. The first kappa shape index (κ1) is 19.8. The Morgan fingerprint density at radius 1 is 1.25 bits per heavy atom. The predicted molar refractivity (Wildman–Crippen MR) is 113 cm³/mol. The number of benzene rings is 1. The molecule has 0 aromatic heterocycles. The van der Waals surface area contributed by atoms with Crippen LogP contribution < -0.4 is 9.64 Å². The number of para-hydroxylation sites is 2. The zero-order valence-corrected chi connectivity index (χ0v) is 17.7. The number of hydrogen-bond acceptors (Lipinski definition) is 5. The van der Waals surface area contributed by atoms with Crippen LogP contribution in [0.5, 0.6) is 5.75 Å². The van der Waals surface area contributed by atoms with Gasteiger partial charge in [-0.15, -0.1) is 0 Å². The number of anilines is 1. The van der Waals surface area contributed by atoms with Gasteiger partial charge in [0.2, 0.25) is 5.91 Å². The van der Waals surface area contributed by atoms with Gasteiger partial charge < -0.3 is 9.64 Å². The van der Waals surface area contributed by atoms with Gasteiger partial charge in [0.25, 0.3) is 0 Å². The average Bonchev–Trinajstić information content (AvgIpc) is 3.34. The van der Waals surface area contributed by atoms with Crippen molar-refractivity contribution in [2.45, 2.75) is 49.8 Å². The highest BCUT2D eigenvalue weighted by Crippen LogP contribution is 2.43. The van der Waals surface area contributed by atoms with Crippen molar-refractivity contribution in [3.63, 3.8) is 0 Å². The van der Waals surface area contributed by atoms with Crippen LogP contribution in [0.4, 0.5) is 5.69 Å². The Labute approximate surface area is 170 Å². The maximum atomic E-state index is 12.6. The standard InChI is InChI=1S/C20H26N2O4S2/c1-26-17-9-5-4-8-15(17)22-16-12-28(24,25)13-18(16)27-20(22)21-19(23)11-10-14-6-2-3-7-14/h4-5,8-9,14,16,18H,2-3,6-7,10-13H2,1H3/t16-,18-/m0/s1. The Hall–Kier alpha value is -1.54. The maximum absolute atomic E-state index is 12.6. The molecule has 2 heterocycles. The molecule has 0 radical (unpaired) electrons. The van der Waals surface area contributed by atoms with Crippen LogP contribution in [0.25, 0.3) is 0 Å². The monoisotopic (exact) mass is 422 g/mol. The first-order valence-electron chi connectivity index (χ1n) is 9.88. The number of ether oxygens (including phenoxy) is 1. The van der Waals surface area contributed by atoms with Crippen molar-refractivity contribution in [2.75, 3.05) is 23.5 Å². The summed E-state index contributed by atoms with van der Waals surface area (Å²) in [5, 5.41) is 0.502. The van der Waals surface area contributed by atoms with E-state index in [4.69, 9.17) is 4.74 Å². The summed E-state index contributed by atoms with van der Waals surface area (Å²) in [6.45, 7) is 0. The van der Waals surface area contributed by atoms with Gasteiger partial charge in [0.05, 0.1) is 30.3 Å². The highest BCUT2D eigenvalue weighted by atomic mass is 32.2. The molecule has 4 rings (SSSR count). The number of sulfone groups is 1. The molecule has 1 saturated carbocycles. The third-order valence-corrected chi connectivity index (χ3v) is 9.08. The predicted octanol–water partition coefficient (Wildman–Crippen LogP) is 3.27. The second kappa shape index (κ2) is 8.06. The first-order chi connectivity index (χ1) is 13.5. The lowest BCUT2D eigenvalue weighted by Crippen LogP contribution is -2.38. The van der Waals surface area contributed by atoms with E-state index in [1.165, 1.54) is 37.4 Å². The number of carbonyl (C=O) groups excluding carboxylic acids is 1. The summed E-state index contributed by atoms with van der Waals surface area (Å²) in [5.74, 6) is 1.40. The maximum Gasteiger partial charge on any atom is 0.248 e. The van der Waals surface area contributed by atoms with Crippen molar-refractivity contribution in [2.24, 2.45) is 10.9 Å². The molecule has 1 aromatic rings. The minimum atomic E-state index is -3.08. The third-order valence-electron chi connectivity index (χ3n) is 5.87. The SMILES string of the molecule is COc1ccccc1N1C(=NC(=O)CCC2CCCC2)S[C@H]2CS(=O)(=O)C[C@@H]21. The molecular weight excluding hydrogens is 396 g/mol. The molecule has 1 aromatic carbocycles. The van der Waals surface area contributed by atoms with Gasteiger partial charge in [0, 0.05) is 11.7 Å². The summed E-state index contributed by atoms with van der Waals surface area (Å²) in [5.41, 5.74) is 0.768. The Morgan fingerprint density at radius 3 is 2.75 bits per heavy atom. The molecule has 0 spiro atoms. The third kappa shape index (κ3) is 4.08. The van der Waals surface area contributed by atoms with Crippen LogP contribution in [0.2, 0.25) is 0 Å². The summed E-state index contributed by atoms with van der Waals surface area (Å²) in [7, 11) is -1.49. The molecule has 28 heavy (non-hydrogen) atoms. The highest BCUT2D eigenvalue weighted by molar-refractivity contribution is 8.16. The quantitative estimate of drug-likeness (QED) is 0.725. The lowest BCUT2D eigenvalue weighted by Gasteiger charge is -2.26. The lowest BCUT2D eigenvalue weighted by molar-refractivity contribution is -0.118. The summed E-state index contributed by atoms with van der Waals surface area (Å²) in [6, 6.07) is 7.28. The van der Waals surface area contributed by atoms with E-state index in [0.717, 1.165) is 12.1 Å². The Balaban J connectivity index is 1.59. The van der Waals surface area contributed by atoms with Gasteiger partial charge in [-0.3, -0.25) is 4.79 Å². The van der Waals surface area contributed by atoms with Gasteiger partial charge in [-0.05, 0) is 24.5 Å². The molecule has 2 aliphatic heterocycles. The van der Waals surface area contributed by atoms with Crippen LogP contribution in [0.1, 0.15) is 38.5 Å². The fraction of sp³-hybridized carbons (Fsp3) is 0.600. The van der Waals surface area contributed by atoms with E-state index in [2.05, 4.69) is 4.99 Å². The Morgan fingerprint density at radius 2 is 2.00 bits per heavy atom. The van der Waals surface area contributed by atoms with Crippen molar-refractivity contribution in [3.8, 4) is 5.75 Å². The average molecular weight is 423 g/mol. The van der Waals surface area contributed by atoms with Crippen molar-refractivity contribution < 1.29 is 17.9 Å². The van der Waals surface area contributed by atoms with Crippen molar-refractivity contribution in [1.29, 1.82) is 0 Å². The number of amidine groups is 1. The van der Waals surface area contributed by atoms with E-state index in [1.807, 2.05) is 29.2 Å². The fourth-order valence-corrected chi connectivity index (χ4v) is 8.39. The van der Waals surface area contributed by atoms with Gasteiger partial charge >= 0.3 is 0 Å². The summed E-state index contributed by atoms with van der Waals surface area (Å²) in [6.07, 6.45) is 6.32. The molecular formula is C20H26N2O4S2.